The number of carbonyl (C=O) groups is 3. The third-order valence-electron chi connectivity index (χ3n) is 4.00. The van der Waals surface area contributed by atoms with E-state index >= 15 is 0 Å². The van der Waals surface area contributed by atoms with Crippen molar-refractivity contribution < 1.29 is 19.1 Å². The Morgan fingerprint density at radius 1 is 0.923 bits per heavy atom. The number of carbonyl (C=O) groups excluding carboxylic acids is 3. The average molecular weight is 354 g/mol. The zero-order chi connectivity index (χ0) is 19.1. The molecule has 0 fully saturated rings. The number of likely N-dealkylation sites (N-methyl/N-ethyl adjacent to an activating group) is 1. The second-order valence-electron chi connectivity index (χ2n) is 5.83. The number of benzene rings is 2. The van der Waals surface area contributed by atoms with Gasteiger partial charge in [-0.15, -0.1) is 0 Å². The lowest BCUT2D eigenvalue weighted by molar-refractivity contribution is -0.153. The maximum atomic E-state index is 13.1. The smallest absolute Gasteiger partial charge is 0.333 e. The van der Waals surface area contributed by atoms with Gasteiger partial charge in [0.15, 0.2) is 6.04 Å². The number of nitrogens with zero attached hydrogens (tertiary/aromatic N) is 1. The van der Waals surface area contributed by atoms with E-state index in [9.17, 15) is 14.4 Å². The fraction of sp³-hybridized carbons (Fsp3) is 0.250. The van der Waals surface area contributed by atoms with Crippen LogP contribution < -0.4 is 5.32 Å². The van der Waals surface area contributed by atoms with Crippen molar-refractivity contribution in [2.24, 2.45) is 0 Å². The highest BCUT2D eigenvalue weighted by Crippen LogP contribution is 2.25. The monoisotopic (exact) mass is 354 g/mol. The molecule has 0 saturated carbocycles. The Kier molecular flexibility index (Phi) is 6.49. The molecule has 0 saturated heterocycles. The Hall–Kier alpha value is -3.15. The van der Waals surface area contributed by atoms with Crippen molar-refractivity contribution in [1.29, 1.82) is 0 Å². The third kappa shape index (κ3) is 4.47. The Bertz CT molecular complexity index is 762. The van der Waals surface area contributed by atoms with Gasteiger partial charge in [-0.25, -0.2) is 4.79 Å². The molecule has 0 aromatic heterocycles. The van der Waals surface area contributed by atoms with E-state index in [1.165, 1.54) is 26.0 Å². The molecule has 2 rings (SSSR count). The summed E-state index contributed by atoms with van der Waals surface area (Å²) < 4.78 is 4.88. The molecule has 136 valence electrons. The molecule has 1 N–H and O–H groups in total. The van der Waals surface area contributed by atoms with Crippen LogP contribution in [0, 0.1) is 0 Å². The highest BCUT2D eigenvalue weighted by atomic mass is 16.5. The summed E-state index contributed by atoms with van der Waals surface area (Å²) in [6.07, 6.45) is 0. The Balaban J connectivity index is 2.38. The summed E-state index contributed by atoms with van der Waals surface area (Å²) in [4.78, 5) is 38.4. The number of esters is 1. The molecule has 2 aromatic rings. The second-order valence-corrected chi connectivity index (χ2v) is 5.83. The van der Waals surface area contributed by atoms with Crippen molar-refractivity contribution in [3.8, 4) is 0 Å². The Morgan fingerprint density at radius 2 is 1.42 bits per heavy atom. The fourth-order valence-corrected chi connectivity index (χ4v) is 2.73. The zero-order valence-electron chi connectivity index (χ0n) is 15.0. The van der Waals surface area contributed by atoms with Crippen molar-refractivity contribution in [2.75, 3.05) is 14.2 Å². The summed E-state index contributed by atoms with van der Waals surface area (Å²) >= 11 is 0. The van der Waals surface area contributed by atoms with Crippen LogP contribution in [0.15, 0.2) is 60.7 Å². The van der Waals surface area contributed by atoms with Gasteiger partial charge in [0, 0.05) is 14.0 Å². The first-order chi connectivity index (χ1) is 12.5. The molecule has 2 atom stereocenters. The van der Waals surface area contributed by atoms with Crippen LogP contribution in [0.2, 0.25) is 0 Å². The summed E-state index contributed by atoms with van der Waals surface area (Å²) in [7, 11) is 2.80. The molecule has 6 heteroatoms. The topological polar surface area (TPSA) is 75.7 Å². The van der Waals surface area contributed by atoms with Gasteiger partial charge in [-0.1, -0.05) is 60.7 Å². The van der Waals surface area contributed by atoms with Crippen LogP contribution in [-0.2, 0) is 19.1 Å². The highest BCUT2D eigenvalue weighted by molar-refractivity contribution is 5.91. The van der Waals surface area contributed by atoms with E-state index in [0.717, 1.165) is 0 Å². The number of hydrogen-bond donors (Lipinski definition) is 1. The van der Waals surface area contributed by atoms with Crippen LogP contribution >= 0.6 is 0 Å². The summed E-state index contributed by atoms with van der Waals surface area (Å²) in [6.45, 7) is 1.35. The van der Waals surface area contributed by atoms with E-state index in [1.54, 1.807) is 48.5 Å². The van der Waals surface area contributed by atoms with Crippen molar-refractivity contribution in [2.45, 2.75) is 19.0 Å². The van der Waals surface area contributed by atoms with Crippen LogP contribution in [0.1, 0.15) is 30.1 Å². The molecule has 0 aliphatic heterocycles. The molecule has 0 heterocycles. The van der Waals surface area contributed by atoms with Crippen molar-refractivity contribution in [3.63, 3.8) is 0 Å². The number of hydrogen-bond acceptors (Lipinski definition) is 4. The van der Waals surface area contributed by atoms with Gasteiger partial charge in [0.05, 0.1) is 7.11 Å². The maximum absolute atomic E-state index is 13.1. The molecule has 6 nitrogen and oxygen atoms in total. The number of methoxy groups -OCH3 is 1. The molecule has 26 heavy (non-hydrogen) atoms. The molecule has 2 amide bonds. The molecular weight excluding hydrogens is 332 g/mol. The molecule has 0 spiro atoms. The van der Waals surface area contributed by atoms with Gasteiger partial charge in [-0.05, 0) is 11.1 Å². The summed E-state index contributed by atoms with van der Waals surface area (Å²) in [5.74, 6) is -1.30. The molecule has 2 aromatic carbocycles. The van der Waals surface area contributed by atoms with Crippen LogP contribution in [0.3, 0.4) is 0 Å². The van der Waals surface area contributed by atoms with E-state index in [-0.39, 0.29) is 5.91 Å². The number of ether oxygens (including phenoxy) is 1. The van der Waals surface area contributed by atoms with Crippen molar-refractivity contribution >= 4 is 17.8 Å². The van der Waals surface area contributed by atoms with E-state index in [1.807, 2.05) is 12.1 Å². The lowest BCUT2D eigenvalue weighted by Crippen LogP contribution is -2.44. The van der Waals surface area contributed by atoms with Crippen molar-refractivity contribution in [1.82, 2.24) is 10.2 Å². The lowest BCUT2D eigenvalue weighted by atomic mass is 10.0. The molecular formula is C20H22N2O4. The van der Waals surface area contributed by atoms with Gasteiger partial charge in [0.1, 0.15) is 6.04 Å². The molecule has 0 aliphatic carbocycles. The first-order valence-electron chi connectivity index (χ1n) is 8.17. The minimum Gasteiger partial charge on any atom is -0.467 e. The summed E-state index contributed by atoms with van der Waals surface area (Å²) in [5.41, 5.74) is 1.26. The van der Waals surface area contributed by atoms with Crippen LogP contribution in [-0.4, -0.2) is 36.8 Å². The SMILES string of the molecule is COC(=O)C(c1ccccc1)N(C)C(=O)[C@H](NC(C)=O)c1ccccc1. The lowest BCUT2D eigenvalue weighted by Gasteiger charge is -2.30. The summed E-state index contributed by atoms with van der Waals surface area (Å²) in [5, 5.41) is 2.66. The normalized spacial score (nSPS) is 12.6. The van der Waals surface area contributed by atoms with Gasteiger partial charge >= 0.3 is 5.97 Å². The second kappa shape index (κ2) is 8.80. The highest BCUT2D eigenvalue weighted by Gasteiger charge is 2.34. The minimum atomic E-state index is -0.909. The van der Waals surface area contributed by atoms with Crippen LogP contribution in [0.4, 0.5) is 0 Å². The van der Waals surface area contributed by atoms with Gasteiger partial charge in [-0.2, -0.15) is 0 Å². The summed E-state index contributed by atoms with van der Waals surface area (Å²) in [6, 6.07) is 16.0. The van der Waals surface area contributed by atoms with Gasteiger partial charge in [0.2, 0.25) is 5.91 Å². The minimum absolute atomic E-state index is 0.338. The number of rotatable bonds is 6. The first kappa shape index (κ1) is 19.2. The van der Waals surface area contributed by atoms with Crippen LogP contribution in [0.25, 0.3) is 0 Å². The third-order valence-corrected chi connectivity index (χ3v) is 4.00. The molecule has 0 aliphatic rings. The largest absolute Gasteiger partial charge is 0.467 e. The molecule has 0 bridgehead atoms. The predicted octanol–water partition coefficient (Wildman–Crippen LogP) is 2.24. The Labute approximate surface area is 152 Å². The van der Waals surface area contributed by atoms with Gasteiger partial charge < -0.3 is 15.0 Å². The predicted molar refractivity (Wildman–Crippen MR) is 97.0 cm³/mol. The van der Waals surface area contributed by atoms with Crippen LogP contribution in [0.5, 0.6) is 0 Å². The number of amides is 2. The Morgan fingerprint density at radius 3 is 1.88 bits per heavy atom. The fourth-order valence-electron chi connectivity index (χ4n) is 2.73. The molecule has 1 unspecified atom stereocenters. The standard InChI is InChI=1S/C20H22N2O4/c1-14(23)21-17(15-10-6-4-7-11-15)19(24)22(2)18(20(25)26-3)16-12-8-5-9-13-16/h4-13,17-18H,1-3H3,(H,21,23)/t17-,18?/m1/s1. The van der Waals surface area contributed by atoms with E-state index < -0.39 is 24.0 Å². The van der Waals surface area contributed by atoms with Gasteiger partial charge in [0.25, 0.3) is 5.91 Å². The van der Waals surface area contributed by atoms with Gasteiger partial charge in [-0.3, -0.25) is 9.59 Å². The van der Waals surface area contributed by atoms with E-state index in [0.29, 0.717) is 11.1 Å². The first-order valence-corrected chi connectivity index (χ1v) is 8.17. The maximum Gasteiger partial charge on any atom is 0.333 e. The zero-order valence-corrected chi connectivity index (χ0v) is 15.0. The van der Waals surface area contributed by atoms with E-state index in [2.05, 4.69) is 5.32 Å². The quantitative estimate of drug-likeness (QED) is 0.807. The average Bonchev–Trinajstić information content (AvgIpc) is 2.66. The van der Waals surface area contributed by atoms with Crippen molar-refractivity contribution in [3.05, 3.63) is 71.8 Å². The molecule has 0 radical (unpaired) electrons. The van der Waals surface area contributed by atoms with E-state index in [4.69, 9.17) is 4.74 Å². The number of nitrogens with one attached hydrogen (secondary N) is 1.